The van der Waals surface area contributed by atoms with Crippen molar-refractivity contribution in [1.82, 2.24) is 5.32 Å². The van der Waals surface area contributed by atoms with E-state index in [9.17, 15) is 9.59 Å². The summed E-state index contributed by atoms with van der Waals surface area (Å²) in [6, 6.07) is 22.7. The molecule has 0 amide bonds. The SMILES string of the molecule is COC(=O)c1c(Cl)ccc(Br)c1Cl.COC(=O)c1c(Cl)ccc(N2CC(c3ccc(Cl)cc3)C2)c1Cl.Clc1ccc(C2CNC2)cc1. The van der Waals surface area contributed by atoms with E-state index in [-0.39, 0.29) is 21.2 Å². The highest BCUT2D eigenvalue weighted by Gasteiger charge is 2.31. The van der Waals surface area contributed by atoms with E-state index < -0.39 is 11.9 Å². The first kappa shape index (κ1) is 37.6. The summed E-state index contributed by atoms with van der Waals surface area (Å²) in [5, 5.41) is 5.96. The third-order valence-corrected chi connectivity index (χ3v) is 10.4. The van der Waals surface area contributed by atoms with Crippen molar-refractivity contribution in [3.63, 3.8) is 0 Å². The summed E-state index contributed by atoms with van der Waals surface area (Å²) in [5.41, 5.74) is 3.82. The number of esters is 2. The van der Waals surface area contributed by atoms with Crippen molar-refractivity contribution in [3.05, 3.63) is 130 Å². The third-order valence-electron chi connectivity index (χ3n) is 7.58. The number of nitrogens with zero attached hydrogens (tertiary/aromatic N) is 1. The Morgan fingerprint density at radius 3 is 1.55 bits per heavy atom. The maximum atomic E-state index is 11.8. The average molecular weight is 822 g/mol. The number of nitrogens with one attached hydrogen (secondary N) is 1. The summed E-state index contributed by atoms with van der Waals surface area (Å²) >= 11 is 38.9. The Balaban J connectivity index is 0.000000176. The van der Waals surface area contributed by atoms with Gasteiger partial charge < -0.3 is 19.7 Å². The second-order valence-corrected chi connectivity index (χ2v) is 13.8. The molecule has 0 bridgehead atoms. The maximum Gasteiger partial charge on any atom is 0.340 e. The molecule has 6 rings (SSSR count). The van der Waals surface area contributed by atoms with E-state index in [0.29, 0.717) is 26.4 Å². The number of rotatable bonds is 5. The highest BCUT2D eigenvalue weighted by atomic mass is 79.9. The highest BCUT2D eigenvalue weighted by Crippen LogP contribution is 2.40. The predicted molar refractivity (Wildman–Crippen MR) is 197 cm³/mol. The molecular formula is C34H29BrCl6N2O4. The van der Waals surface area contributed by atoms with Crippen LogP contribution in [0.25, 0.3) is 0 Å². The van der Waals surface area contributed by atoms with Crippen molar-refractivity contribution in [2.75, 3.05) is 45.3 Å². The lowest BCUT2D eigenvalue weighted by Gasteiger charge is -2.42. The number of methoxy groups -OCH3 is 2. The highest BCUT2D eigenvalue weighted by molar-refractivity contribution is 9.10. The van der Waals surface area contributed by atoms with E-state index in [4.69, 9.17) is 74.3 Å². The monoisotopic (exact) mass is 818 g/mol. The first-order chi connectivity index (χ1) is 22.4. The Bertz CT molecular complexity index is 1710. The van der Waals surface area contributed by atoms with Gasteiger partial charge in [0.05, 0.1) is 51.1 Å². The van der Waals surface area contributed by atoms with Crippen LogP contribution in [0.4, 0.5) is 5.69 Å². The first-order valence-electron chi connectivity index (χ1n) is 14.2. The molecule has 2 fully saturated rings. The molecule has 2 saturated heterocycles. The summed E-state index contributed by atoms with van der Waals surface area (Å²) in [6.45, 7) is 3.87. The lowest BCUT2D eigenvalue weighted by molar-refractivity contribution is 0.0592. The largest absolute Gasteiger partial charge is 0.465 e. The normalized spacial score (nSPS) is 14.0. The van der Waals surface area contributed by atoms with Crippen LogP contribution in [0.1, 0.15) is 43.7 Å². The van der Waals surface area contributed by atoms with Crippen LogP contribution in [0.3, 0.4) is 0 Å². The Labute approximate surface area is 312 Å². The molecular weight excluding hydrogens is 793 g/mol. The van der Waals surface area contributed by atoms with E-state index in [1.165, 1.54) is 25.3 Å². The van der Waals surface area contributed by atoms with Gasteiger partial charge in [-0.1, -0.05) is 93.9 Å². The standard InChI is InChI=1S/C17H14Cl3NO2.C9H10ClN.C8H5BrCl2O2/c1-23-17(22)15-13(19)6-7-14(16(15)20)21-8-11(9-21)10-2-4-12(18)5-3-10;10-9-3-1-7(2-4-9)8-5-11-6-8;1-13-8(12)6-5(10)3-2-4(9)7(6)11/h2-7,11H,8-9H2,1H3;1-4,8,11H,5-6H2;2-3H,1H3. The van der Waals surface area contributed by atoms with Crippen LogP contribution in [0.5, 0.6) is 0 Å². The summed E-state index contributed by atoms with van der Waals surface area (Å²) in [4.78, 5) is 25.1. The molecule has 47 heavy (non-hydrogen) atoms. The van der Waals surface area contributed by atoms with E-state index >= 15 is 0 Å². The van der Waals surface area contributed by atoms with E-state index in [1.54, 1.807) is 18.2 Å². The zero-order valence-electron chi connectivity index (χ0n) is 25.1. The van der Waals surface area contributed by atoms with E-state index in [2.05, 4.69) is 43.0 Å². The fraction of sp³-hybridized carbons (Fsp3) is 0.235. The van der Waals surface area contributed by atoms with Crippen LogP contribution in [-0.2, 0) is 9.47 Å². The molecule has 4 aromatic rings. The van der Waals surface area contributed by atoms with Crippen molar-refractivity contribution in [2.24, 2.45) is 0 Å². The van der Waals surface area contributed by atoms with Crippen LogP contribution in [0.15, 0.2) is 77.3 Å². The van der Waals surface area contributed by atoms with Gasteiger partial charge in [-0.3, -0.25) is 0 Å². The van der Waals surface area contributed by atoms with Gasteiger partial charge in [0.15, 0.2) is 0 Å². The third kappa shape index (κ3) is 9.49. The zero-order chi connectivity index (χ0) is 34.2. The first-order valence-corrected chi connectivity index (χ1v) is 17.3. The second-order valence-electron chi connectivity index (χ2n) is 10.5. The van der Waals surface area contributed by atoms with Crippen LogP contribution >= 0.6 is 85.5 Å². The van der Waals surface area contributed by atoms with Gasteiger partial charge in [0.2, 0.25) is 0 Å². The van der Waals surface area contributed by atoms with Crippen molar-refractivity contribution < 1.29 is 19.1 Å². The van der Waals surface area contributed by atoms with Gasteiger partial charge in [-0.2, -0.15) is 0 Å². The van der Waals surface area contributed by atoms with Gasteiger partial charge >= 0.3 is 11.9 Å². The smallest absolute Gasteiger partial charge is 0.340 e. The Hall–Kier alpha value is -2.20. The Morgan fingerprint density at radius 2 is 1.11 bits per heavy atom. The van der Waals surface area contributed by atoms with Crippen LogP contribution in [0.2, 0.25) is 30.1 Å². The summed E-state index contributed by atoms with van der Waals surface area (Å²) in [7, 11) is 2.58. The van der Waals surface area contributed by atoms with Crippen LogP contribution in [0, 0.1) is 0 Å². The maximum absolute atomic E-state index is 11.8. The molecule has 4 aromatic carbocycles. The lowest BCUT2D eigenvalue weighted by atomic mass is 9.91. The van der Waals surface area contributed by atoms with Crippen molar-refractivity contribution in [1.29, 1.82) is 0 Å². The number of carbonyl (C=O) groups is 2. The van der Waals surface area contributed by atoms with Crippen LogP contribution < -0.4 is 10.2 Å². The number of halogens is 7. The molecule has 0 radical (unpaired) electrons. The summed E-state index contributed by atoms with van der Waals surface area (Å²) in [6.07, 6.45) is 0. The van der Waals surface area contributed by atoms with E-state index in [0.717, 1.165) is 41.9 Å². The molecule has 13 heteroatoms. The minimum atomic E-state index is -0.545. The van der Waals surface area contributed by atoms with Gasteiger partial charge in [-0.25, -0.2) is 9.59 Å². The average Bonchev–Trinajstić information content (AvgIpc) is 3.01. The van der Waals surface area contributed by atoms with E-state index in [1.807, 2.05) is 42.5 Å². The molecule has 2 aliphatic heterocycles. The molecule has 1 N–H and O–H groups in total. The second kappa shape index (κ2) is 17.5. The van der Waals surface area contributed by atoms with Crippen molar-refractivity contribution in [2.45, 2.75) is 11.8 Å². The number of hydrogen-bond acceptors (Lipinski definition) is 6. The molecule has 0 saturated carbocycles. The van der Waals surface area contributed by atoms with Crippen molar-refractivity contribution in [3.8, 4) is 0 Å². The van der Waals surface area contributed by atoms with Crippen LogP contribution in [-0.4, -0.2) is 52.3 Å². The quantitative estimate of drug-likeness (QED) is 0.160. The zero-order valence-corrected chi connectivity index (χ0v) is 31.3. The molecule has 0 unspecified atom stereocenters. The topological polar surface area (TPSA) is 67.9 Å². The number of anilines is 1. The Kier molecular flexibility index (Phi) is 14.0. The molecule has 6 nitrogen and oxygen atoms in total. The minimum absolute atomic E-state index is 0.181. The Morgan fingerprint density at radius 1 is 0.660 bits per heavy atom. The number of carbonyl (C=O) groups excluding carboxylic acids is 2. The predicted octanol–water partition coefficient (Wildman–Crippen LogP) is 10.6. The molecule has 0 atom stereocenters. The fourth-order valence-electron chi connectivity index (χ4n) is 4.77. The van der Waals surface area contributed by atoms with Gasteiger partial charge in [0.25, 0.3) is 0 Å². The fourth-order valence-corrected chi connectivity index (χ4v) is 6.52. The van der Waals surface area contributed by atoms with Gasteiger partial charge in [-0.15, -0.1) is 0 Å². The molecule has 0 aromatic heterocycles. The number of hydrogen-bond donors (Lipinski definition) is 1. The minimum Gasteiger partial charge on any atom is -0.465 e. The van der Waals surface area contributed by atoms with Gasteiger partial charge in [0, 0.05) is 52.5 Å². The van der Waals surface area contributed by atoms with Crippen molar-refractivity contribution >= 4 is 103 Å². The number of ether oxygens (including phenoxy) is 2. The molecule has 2 aliphatic rings. The summed E-state index contributed by atoms with van der Waals surface area (Å²) in [5.74, 6) is 0.0563. The summed E-state index contributed by atoms with van der Waals surface area (Å²) < 4.78 is 9.88. The molecule has 0 aliphatic carbocycles. The molecule has 0 spiro atoms. The lowest BCUT2D eigenvalue weighted by Crippen LogP contribution is -2.45. The van der Waals surface area contributed by atoms with Gasteiger partial charge in [-0.05, 0) is 75.6 Å². The van der Waals surface area contributed by atoms with Gasteiger partial charge in [0.1, 0.15) is 0 Å². The number of benzene rings is 4. The molecule has 248 valence electrons. The molecule has 2 heterocycles.